The Hall–Kier alpha value is -0.0317. The van der Waals surface area contributed by atoms with E-state index < -0.39 is 0 Å². The van der Waals surface area contributed by atoms with Gasteiger partial charge in [0, 0.05) is 33.6 Å². The summed E-state index contributed by atoms with van der Waals surface area (Å²) in [7, 11) is 1.92. The predicted octanol–water partition coefficient (Wildman–Crippen LogP) is 2.03. The number of aliphatic hydroxyl groups is 1. The molecule has 0 heterocycles. The van der Waals surface area contributed by atoms with E-state index in [1.54, 1.807) is 0 Å². The molecule has 27 heavy (non-hydrogen) atoms. The van der Waals surface area contributed by atoms with E-state index in [1.807, 2.05) is 34.7 Å². The second kappa shape index (κ2) is 33.5. The first-order chi connectivity index (χ1) is 12.6. The maximum absolute atomic E-state index is 8.14. The van der Waals surface area contributed by atoms with Crippen LogP contribution in [-0.4, -0.2) is 71.1 Å². The Morgan fingerprint density at radius 2 is 1.63 bits per heavy atom. The van der Waals surface area contributed by atoms with Gasteiger partial charge in [-0.2, -0.15) is 0 Å². The molecule has 0 rings (SSSR count). The fourth-order valence-electron chi connectivity index (χ4n) is 1.47. The van der Waals surface area contributed by atoms with Crippen molar-refractivity contribution < 1.29 is 40.4 Å². The molecule has 164 valence electrons. The molecule has 0 saturated heterocycles. The standard InChI is InChI=1S/C11H26N3O3.C6H10O.C2H6.W/c1-14-5-2-3-11(13)17-10-9-16-8-7-15-6-4-12;1-6(2)4-3-5-7;1-2;/h11-12,14H,2-10,13H2,1H3;6-7H,5H2,1-2H3;1-2H3;/q-1;;;. The molecule has 0 aromatic heterocycles. The summed E-state index contributed by atoms with van der Waals surface area (Å²) in [4.78, 5) is 0. The molecule has 1 unspecified atom stereocenters. The average molecular weight is 560 g/mol. The van der Waals surface area contributed by atoms with Crippen LogP contribution >= 0.6 is 0 Å². The molecule has 0 aliphatic heterocycles. The summed E-state index contributed by atoms with van der Waals surface area (Å²) in [6.07, 6.45) is 1.67. The van der Waals surface area contributed by atoms with E-state index in [4.69, 9.17) is 30.8 Å². The first-order valence-electron chi connectivity index (χ1n) is 9.49. The molecule has 0 aliphatic carbocycles. The van der Waals surface area contributed by atoms with Gasteiger partial charge in [0.2, 0.25) is 0 Å². The monoisotopic (exact) mass is 560 g/mol. The molecule has 0 saturated carbocycles. The third-order valence-electron chi connectivity index (χ3n) is 2.56. The summed E-state index contributed by atoms with van der Waals surface area (Å²) in [6, 6.07) is 0. The van der Waals surface area contributed by atoms with Crippen molar-refractivity contribution in [3.63, 3.8) is 0 Å². The molecule has 0 radical (unpaired) electrons. The normalized spacial score (nSPS) is 10.4. The Morgan fingerprint density at radius 3 is 2.07 bits per heavy atom. The number of aliphatic hydroxyl groups excluding tert-OH is 1. The van der Waals surface area contributed by atoms with Crippen molar-refractivity contribution in [2.24, 2.45) is 11.7 Å². The van der Waals surface area contributed by atoms with Crippen LogP contribution in [0.5, 0.6) is 0 Å². The van der Waals surface area contributed by atoms with Crippen LogP contribution in [0, 0.1) is 17.8 Å². The molecule has 8 heteroatoms. The number of hydrogen-bond donors (Lipinski definition) is 3. The molecule has 0 amide bonds. The molecular formula is C19H42N3O4W-. The fourth-order valence-corrected chi connectivity index (χ4v) is 1.47. The fraction of sp³-hybridized carbons (Fsp3) is 0.895. The van der Waals surface area contributed by atoms with Crippen molar-refractivity contribution in [1.29, 1.82) is 0 Å². The molecule has 0 bridgehead atoms. The smallest absolute Gasteiger partial charge is 0.105 e. The van der Waals surface area contributed by atoms with E-state index in [1.165, 1.54) is 0 Å². The zero-order valence-electron chi connectivity index (χ0n) is 17.9. The molecule has 0 aromatic rings. The van der Waals surface area contributed by atoms with Gasteiger partial charge in [0.05, 0.1) is 26.4 Å². The van der Waals surface area contributed by atoms with Gasteiger partial charge in [-0.1, -0.05) is 39.5 Å². The van der Waals surface area contributed by atoms with Crippen LogP contribution in [0.25, 0.3) is 5.73 Å². The molecule has 0 spiro atoms. The Kier molecular flexibility index (Phi) is 42.8. The van der Waals surface area contributed by atoms with E-state index in [9.17, 15) is 0 Å². The van der Waals surface area contributed by atoms with Gasteiger partial charge in [0.15, 0.2) is 0 Å². The number of ether oxygens (including phenoxy) is 3. The quantitative estimate of drug-likeness (QED) is 0.181. The minimum absolute atomic E-state index is 0. The van der Waals surface area contributed by atoms with Crippen molar-refractivity contribution in [1.82, 2.24) is 5.32 Å². The van der Waals surface area contributed by atoms with Gasteiger partial charge in [0.25, 0.3) is 0 Å². The molecule has 5 N–H and O–H groups in total. The Labute approximate surface area is 181 Å². The van der Waals surface area contributed by atoms with Gasteiger partial charge < -0.3 is 36.1 Å². The third kappa shape index (κ3) is 41.5. The van der Waals surface area contributed by atoms with Crippen LogP contribution in [0.15, 0.2) is 0 Å². The summed E-state index contributed by atoms with van der Waals surface area (Å²) in [5.41, 5.74) is 12.6. The summed E-state index contributed by atoms with van der Waals surface area (Å²) < 4.78 is 15.7. The van der Waals surface area contributed by atoms with E-state index in [2.05, 4.69) is 17.2 Å². The van der Waals surface area contributed by atoms with Crippen LogP contribution in [0.3, 0.4) is 0 Å². The minimum atomic E-state index is -0.202. The van der Waals surface area contributed by atoms with Gasteiger partial charge in [0.1, 0.15) is 12.8 Å². The van der Waals surface area contributed by atoms with Gasteiger partial charge in [-0.3, -0.25) is 0 Å². The largest absolute Gasteiger partial charge is 0.676 e. The number of nitrogens with one attached hydrogen (secondary N) is 2. The zero-order chi connectivity index (χ0) is 20.5. The second-order valence-corrected chi connectivity index (χ2v) is 5.26. The van der Waals surface area contributed by atoms with Gasteiger partial charge in [-0.25, -0.2) is 0 Å². The summed E-state index contributed by atoms with van der Waals surface area (Å²) in [5.74, 6) is 5.73. The maximum atomic E-state index is 8.14. The van der Waals surface area contributed by atoms with Gasteiger partial charge in [-0.15, -0.1) is 6.54 Å². The van der Waals surface area contributed by atoms with Crippen LogP contribution in [0.1, 0.15) is 40.5 Å². The number of hydrogen-bond acceptors (Lipinski definition) is 6. The molecular weight excluding hydrogens is 518 g/mol. The van der Waals surface area contributed by atoms with Crippen LogP contribution in [0.4, 0.5) is 0 Å². The van der Waals surface area contributed by atoms with Crippen molar-refractivity contribution in [3.8, 4) is 11.8 Å². The molecule has 0 aromatic carbocycles. The van der Waals surface area contributed by atoms with Gasteiger partial charge in [-0.05, 0) is 26.4 Å². The van der Waals surface area contributed by atoms with Gasteiger partial charge >= 0.3 is 0 Å². The Morgan fingerprint density at radius 1 is 1.07 bits per heavy atom. The molecule has 0 fully saturated rings. The van der Waals surface area contributed by atoms with Crippen LogP contribution < -0.4 is 11.1 Å². The zero-order valence-corrected chi connectivity index (χ0v) is 20.8. The first kappa shape index (κ1) is 34.5. The topological polar surface area (TPSA) is 110 Å². The van der Waals surface area contributed by atoms with Crippen LogP contribution in [-0.2, 0) is 35.3 Å². The van der Waals surface area contributed by atoms with Crippen molar-refractivity contribution in [2.75, 3.05) is 59.8 Å². The Bertz CT molecular complexity index is 300. The van der Waals surface area contributed by atoms with E-state index in [-0.39, 0.29) is 33.9 Å². The Balaban J connectivity index is -0.000000223. The third-order valence-corrected chi connectivity index (χ3v) is 2.56. The van der Waals surface area contributed by atoms with Crippen molar-refractivity contribution in [2.45, 2.75) is 46.8 Å². The van der Waals surface area contributed by atoms with E-state index in [0.29, 0.717) is 45.5 Å². The van der Waals surface area contributed by atoms with Crippen molar-refractivity contribution >= 4 is 0 Å². The predicted molar refractivity (Wildman–Crippen MR) is 109 cm³/mol. The SMILES string of the molecule is CC.CC(C)C#CCO.CNCCCC(N)OCCOCCOCC[NH-].[W]. The van der Waals surface area contributed by atoms with Crippen molar-refractivity contribution in [3.05, 3.63) is 5.73 Å². The molecule has 1 atom stereocenters. The summed E-state index contributed by atoms with van der Waals surface area (Å²) in [6.45, 7) is 11.8. The second-order valence-electron chi connectivity index (χ2n) is 5.26. The minimum Gasteiger partial charge on any atom is -0.676 e. The number of rotatable bonds is 13. The first-order valence-corrected chi connectivity index (χ1v) is 9.49. The molecule has 0 aliphatic rings. The number of nitrogens with two attached hydrogens (primary N) is 1. The van der Waals surface area contributed by atoms with E-state index >= 15 is 0 Å². The molecule has 7 nitrogen and oxygen atoms in total. The van der Waals surface area contributed by atoms with E-state index in [0.717, 1.165) is 19.4 Å². The maximum Gasteiger partial charge on any atom is 0.105 e. The summed E-state index contributed by atoms with van der Waals surface area (Å²) >= 11 is 0. The summed E-state index contributed by atoms with van der Waals surface area (Å²) in [5, 5.41) is 11.2. The average Bonchev–Trinajstić information content (AvgIpc) is 2.64. The van der Waals surface area contributed by atoms with Crippen LogP contribution in [0.2, 0.25) is 0 Å².